The molecule has 0 saturated heterocycles. The van der Waals surface area contributed by atoms with Crippen molar-refractivity contribution in [2.75, 3.05) is 6.61 Å². The van der Waals surface area contributed by atoms with E-state index in [-0.39, 0.29) is 19.0 Å². The van der Waals surface area contributed by atoms with Crippen molar-refractivity contribution in [3.05, 3.63) is 58.6 Å². The second kappa shape index (κ2) is 11.5. The van der Waals surface area contributed by atoms with Crippen LogP contribution in [0.5, 0.6) is 0 Å². The molecule has 162 valence electrons. The highest BCUT2D eigenvalue weighted by atomic mass is 35.5. The first-order valence-corrected chi connectivity index (χ1v) is 10.4. The van der Waals surface area contributed by atoms with Crippen LogP contribution in [0.1, 0.15) is 43.7 Å². The van der Waals surface area contributed by atoms with Crippen LogP contribution in [0.4, 0.5) is 13.2 Å². The second-order valence-electron chi connectivity index (χ2n) is 7.00. The molecule has 29 heavy (non-hydrogen) atoms. The zero-order valence-electron chi connectivity index (χ0n) is 16.1. The van der Waals surface area contributed by atoms with Crippen LogP contribution >= 0.6 is 35.8 Å². The van der Waals surface area contributed by atoms with Crippen LogP contribution in [0.3, 0.4) is 0 Å². The van der Waals surface area contributed by atoms with Gasteiger partial charge in [0.15, 0.2) is 0 Å². The molecule has 1 atom stereocenters. The van der Waals surface area contributed by atoms with Gasteiger partial charge in [0.25, 0.3) is 0 Å². The van der Waals surface area contributed by atoms with Crippen LogP contribution in [0, 0.1) is 0 Å². The van der Waals surface area contributed by atoms with Crippen molar-refractivity contribution in [2.24, 2.45) is 5.73 Å². The van der Waals surface area contributed by atoms with Crippen LogP contribution in [0.2, 0.25) is 5.02 Å². The molecule has 1 unspecified atom stereocenters. The zero-order chi connectivity index (χ0) is 20.8. The lowest BCUT2D eigenvalue weighted by Crippen LogP contribution is -2.43. The molecule has 0 aliphatic heterocycles. The fraction of sp³-hybridized carbons (Fsp3) is 0.429. The third-order valence-electron chi connectivity index (χ3n) is 4.61. The summed E-state index contributed by atoms with van der Waals surface area (Å²) in [6.07, 6.45) is -0.437. The van der Waals surface area contributed by atoms with Gasteiger partial charge in [0, 0.05) is 20.4 Å². The van der Waals surface area contributed by atoms with Gasteiger partial charge in [-0.3, -0.25) is 0 Å². The van der Waals surface area contributed by atoms with Gasteiger partial charge in [-0.25, -0.2) is 0 Å². The van der Waals surface area contributed by atoms with Crippen molar-refractivity contribution < 1.29 is 18.3 Å². The van der Waals surface area contributed by atoms with E-state index in [1.165, 1.54) is 17.8 Å². The lowest BCUT2D eigenvalue weighted by atomic mass is 9.89. The van der Waals surface area contributed by atoms with E-state index in [0.717, 1.165) is 48.3 Å². The number of hydrogen-bond donors (Lipinski definition) is 2. The molecule has 0 bridgehead atoms. The van der Waals surface area contributed by atoms with Gasteiger partial charge in [-0.05, 0) is 61.6 Å². The molecule has 0 fully saturated rings. The molecule has 0 amide bonds. The van der Waals surface area contributed by atoms with E-state index < -0.39 is 17.3 Å². The van der Waals surface area contributed by atoms with E-state index in [4.69, 9.17) is 17.3 Å². The first kappa shape index (κ1) is 26.1. The predicted octanol–water partition coefficient (Wildman–Crippen LogP) is 6.74. The number of rotatable bonds is 9. The Kier molecular flexibility index (Phi) is 10.3. The predicted molar refractivity (Wildman–Crippen MR) is 116 cm³/mol. The number of aliphatic hydroxyl groups is 1. The maximum absolute atomic E-state index is 12.8. The molecule has 0 aliphatic carbocycles. The van der Waals surface area contributed by atoms with E-state index in [1.807, 2.05) is 19.1 Å². The molecular weight excluding hydrogens is 442 g/mol. The van der Waals surface area contributed by atoms with Gasteiger partial charge in [0.1, 0.15) is 0 Å². The number of benzene rings is 2. The number of aliphatic hydroxyl groups excluding tert-OH is 1. The molecule has 0 aromatic heterocycles. The van der Waals surface area contributed by atoms with Crippen molar-refractivity contribution in [2.45, 2.75) is 60.5 Å². The number of aryl methyl sites for hydroxylation is 1. The van der Waals surface area contributed by atoms with Crippen molar-refractivity contribution in [1.82, 2.24) is 0 Å². The van der Waals surface area contributed by atoms with Crippen molar-refractivity contribution in [3.63, 3.8) is 0 Å². The number of halogens is 5. The molecule has 0 aliphatic rings. The Morgan fingerprint density at radius 3 is 2.34 bits per heavy atom. The van der Waals surface area contributed by atoms with E-state index in [0.29, 0.717) is 16.3 Å². The molecule has 0 radical (unpaired) electrons. The molecule has 0 saturated carbocycles. The van der Waals surface area contributed by atoms with Crippen molar-refractivity contribution >= 4 is 35.8 Å². The highest BCUT2D eigenvalue weighted by molar-refractivity contribution is 7.99. The minimum Gasteiger partial charge on any atom is -0.394 e. The largest absolute Gasteiger partial charge is 0.416 e. The Morgan fingerprint density at radius 2 is 1.76 bits per heavy atom. The van der Waals surface area contributed by atoms with Gasteiger partial charge in [-0.2, -0.15) is 13.2 Å². The molecule has 2 nitrogen and oxygen atoms in total. The minimum atomic E-state index is -4.36. The van der Waals surface area contributed by atoms with Gasteiger partial charge >= 0.3 is 6.18 Å². The lowest BCUT2D eigenvalue weighted by molar-refractivity contribution is -0.137. The summed E-state index contributed by atoms with van der Waals surface area (Å²) in [6, 6.07) is 10.8. The highest BCUT2D eigenvalue weighted by Gasteiger charge is 2.30. The number of nitrogens with two attached hydrogens (primary N) is 1. The van der Waals surface area contributed by atoms with Crippen molar-refractivity contribution in [3.8, 4) is 0 Å². The SMILES string of the molecule is CCCC(N)(CO)CCCc1ccc(Sc2cccc(C(F)(F)F)c2)cc1Cl.Cl. The summed E-state index contributed by atoms with van der Waals surface area (Å²) >= 11 is 7.61. The molecular formula is C21H26Cl2F3NOS. The molecule has 0 heterocycles. The Morgan fingerprint density at radius 1 is 1.07 bits per heavy atom. The minimum absolute atomic E-state index is 0. The van der Waals surface area contributed by atoms with E-state index in [1.54, 1.807) is 12.1 Å². The lowest BCUT2D eigenvalue weighted by Gasteiger charge is -2.26. The van der Waals surface area contributed by atoms with Crippen LogP contribution in [-0.2, 0) is 12.6 Å². The topological polar surface area (TPSA) is 46.2 Å². The molecule has 3 N–H and O–H groups in total. The summed E-state index contributed by atoms with van der Waals surface area (Å²) in [5.41, 5.74) is 5.94. The van der Waals surface area contributed by atoms with E-state index in [2.05, 4.69) is 0 Å². The third kappa shape index (κ3) is 8.02. The van der Waals surface area contributed by atoms with Crippen LogP contribution in [0.15, 0.2) is 52.3 Å². The zero-order valence-corrected chi connectivity index (χ0v) is 18.5. The smallest absolute Gasteiger partial charge is 0.394 e. The first-order valence-electron chi connectivity index (χ1n) is 9.20. The normalized spacial score (nSPS) is 13.6. The second-order valence-corrected chi connectivity index (χ2v) is 8.56. The molecule has 2 aromatic rings. The Hall–Kier alpha value is -0.920. The first-order chi connectivity index (χ1) is 13.2. The third-order valence-corrected chi connectivity index (χ3v) is 5.94. The van der Waals surface area contributed by atoms with Gasteiger partial charge < -0.3 is 10.8 Å². The monoisotopic (exact) mass is 467 g/mol. The molecule has 0 spiro atoms. The summed E-state index contributed by atoms with van der Waals surface area (Å²) in [5, 5.41) is 10.1. The summed E-state index contributed by atoms with van der Waals surface area (Å²) in [5.74, 6) is 0. The van der Waals surface area contributed by atoms with Gasteiger partial charge in [0.05, 0.1) is 12.2 Å². The number of hydrogen-bond acceptors (Lipinski definition) is 3. The quantitative estimate of drug-likeness (QED) is 0.428. The average molecular weight is 468 g/mol. The van der Waals surface area contributed by atoms with Crippen LogP contribution in [-0.4, -0.2) is 17.3 Å². The fourth-order valence-electron chi connectivity index (χ4n) is 3.08. The van der Waals surface area contributed by atoms with Crippen LogP contribution < -0.4 is 5.73 Å². The fourth-order valence-corrected chi connectivity index (χ4v) is 4.34. The molecule has 8 heteroatoms. The summed E-state index contributed by atoms with van der Waals surface area (Å²) in [6.45, 7) is 2.00. The maximum atomic E-state index is 12.8. The van der Waals surface area contributed by atoms with Gasteiger partial charge in [-0.15, -0.1) is 12.4 Å². The van der Waals surface area contributed by atoms with Crippen LogP contribution in [0.25, 0.3) is 0 Å². The highest BCUT2D eigenvalue weighted by Crippen LogP contribution is 2.35. The van der Waals surface area contributed by atoms with Gasteiger partial charge in [-0.1, -0.05) is 48.8 Å². The number of alkyl halides is 3. The van der Waals surface area contributed by atoms with E-state index >= 15 is 0 Å². The van der Waals surface area contributed by atoms with E-state index in [9.17, 15) is 18.3 Å². The van der Waals surface area contributed by atoms with Gasteiger partial charge in [0.2, 0.25) is 0 Å². The Bertz CT molecular complexity index is 789. The molecule has 2 aromatic carbocycles. The summed E-state index contributed by atoms with van der Waals surface area (Å²) in [7, 11) is 0. The Balaban J connectivity index is 0.00000420. The van der Waals surface area contributed by atoms with Crippen molar-refractivity contribution in [1.29, 1.82) is 0 Å². The summed E-state index contributed by atoms with van der Waals surface area (Å²) in [4.78, 5) is 1.29. The maximum Gasteiger partial charge on any atom is 0.416 e. The summed E-state index contributed by atoms with van der Waals surface area (Å²) < 4.78 is 38.5. The average Bonchev–Trinajstić information content (AvgIpc) is 2.63. The molecule has 2 rings (SSSR count). The standard InChI is InChI=1S/C21H25ClF3NOS.ClH/c1-2-10-20(26,14-27)11-4-5-15-8-9-18(13-19(15)22)28-17-7-3-6-16(12-17)21(23,24)25;/h3,6-9,12-13,27H,2,4-5,10-11,14,26H2,1H3;1H. The Labute approximate surface area is 185 Å².